The van der Waals surface area contributed by atoms with Gasteiger partial charge in [0.15, 0.2) is 0 Å². The molecule has 0 aromatic carbocycles. The summed E-state index contributed by atoms with van der Waals surface area (Å²) in [5.74, 6) is 0. The molecule has 0 bridgehead atoms. The van der Waals surface area contributed by atoms with Gasteiger partial charge in [-0.25, -0.2) is 4.68 Å². The second-order valence-electron chi connectivity index (χ2n) is 5.64. The van der Waals surface area contributed by atoms with Crippen LogP contribution in [0.3, 0.4) is 0 Å². The second-order valence-corrected chi connectivity index (χ2v) is 6.02. The van der Waals surface area contributed by atoms with Crippen molar-refractivity contribution in [1.29, 1.82) is 0 Å². The molecule has 1 heterocycles. The summed E-state index contributed by atoms with van der Waals surface area (Å²) in [6.45, 7) is 9.90. The van der Waals surface area contributed by atoms with Crippen LogP contribution in [0.15, 0.2) is 11.0 Å². The lowest BCUT2D eigenvalue weighted by molar-refractivity contribution is 0.389. The van der Waals surface area contributed by atoms with Crippen molar-refractivity contribution in [3.63, 3.8) is 0 Å². The van der Waals surface area contributed by atoms with Gasteiger partial charge in [0.1, 0.15) is 5.02 Å². The number of aryl methyl sites for hydroxylation is 1. The maximum absolute atomic E-state index is 11.9. The van der Waals surface area contributed by atoms with Gasteiger partial charge in [-0.05, 0) is 18.3 Å². The number of anilines is 1. The number of nitrogens with zero attached hydrogens (tertiary/aromatic N) is 2. The molecular weight excluding hydrogens is 250 g/mol. The van der Waals surface area contributed by atoms with Crippen molar-refractivity contribution in [2.75, 3.05) is 11.9 Å². The molecule has 1 rings (SSSR count). The molecular formula is C13H22ClN3O. The first kappa shape index (κ1) is 15.0. The molecule has 4 nitrogen and oxygen atoms in total. The minimum Gasteiger partial charge on any atom is -0.382 e. The molecule has 1 aromatic rings. The first-order valence-electron chi connectivity index (χ1n) is 6.34. The van der Waals surface area contributed by atoms with E-state index in [1.54, 1.807) is 6.20 Å². The van der Waals surface area contributed by atoms with E-state index < -0.39 is 0 Å². The number of rotatable bonds is 5. The molecule has 0 unspecified atom stereocenters. The molecule has 0 spiro atoms. The Hall–Kier alpha value is -1.03. The minimum atomic E-state index is -0.223. The Balaban J connectivity index is 2.74. The van der Waals surface area contributed by atoms with Crippen LogP contribution in [0.1, 0.15) is 40.5 Å². The third-order valence-corrected chi connectivity index (χ3v) is 2.98. The zero-order valence-corrected chi connectivity index (χ0v) is 12.3. The number of hydrogen-bond donors (Lipinski definition) is 1. The Morgan fingerprint density at radius 2 is 2.11 bits per heavy atom. The SMILES string of the molecule is CCCn1ncc(NCCC(C)(C)C)c(Cl)c1=O. The van der Waals surface area contributed by atoms with Gasteiger partial charge in [-0.3, -0.25) is 4.79 Å². The fourth-order valence-corrected chi connectivity index (χ4v) is 1.74. The van der Waals surface area contributed by atoms with Crippen LogP contribution in [0.2, 0.25) is 5.02 Å². The number of hydrogen-bond acceptors (Lipinski definition) is 3. The number of aromatic nitrogens is 2. The van der Waals surface area contributed by atoms with Crippen molar-refractivity contribution in [2.45, 2.75) is 47.1 Å². The molecule has 0 atom stereocenters. The highest BCUT2D eigenvalue weighted by atomic mass is 35.5. The molecule has 0 aliphatic rings. The van der Waals surface area contributed by atoms with Crippen LogP contribution in [0, 0.1) is 5.41 Å². The van der Waals surface area contributed by atoms with E-state index in [4.69, 9.17) is 11.6 Å². The van der Waals surface area contributed by atoms with E-state index in [0.717, 1.165) is 19.4 Å². The minimum absolute atomic E-state index is 0.223. The summed E-state index contributed by atoms with van der Waals surface area (Å²) in [5, 5.41) is 7.50. The topological polar surface area (TPSA) is 46.9 Å². The van der Waals surface area contributed by atoms with Crippen LogP contribution in [0.4, 0.5) is 5.69 Å². The largest absolute Gasteiger partial charge is 0.382 e. The third-order valence-electron chi connectivity index (χ3n) is 2.61. The predicted molar refractivity (Wildman–Crippen MR) is 76.4 cm³/mol. The molecule has 0 amide bonds. The molecule has 0 fully saturated rings. The van der Waals surface area contributed by atoms with Crippen LogP contribution < -0.4 is 10.9 Å². The summed E-state index contributed by atoms with van der Waals surface area (Å²) in [7, 11) is 0. The Labute approximate surface area is 113 Å². The predicted octanol–water partition coefficient (Wildman–Crippen LogP) is 3.15. The average molecular weight is 272 g/mol. The van der Waals surface area contributed by atoms with E-state index in [1.807, 2.05) is 6.92 Å². The summed E-state index contributed by atoms with van der Waals surface area (Å²) >= 11 is 6.05. The fraction of sp³-hybridized carbons (Fsp3) is 0.692. The second kappa shape index (κ2) is 6.23. The van der Waals surface area contributed by atoms with E-state index in [1.165, 1.54) is 4.68 Å². The van der Waals surface area contributed by atoms with Crippen molar-refractivity contribution in [3.05, 3.63) is 21.6 Å². The lowest BCUT2D eigenvalue weighted by Gasteiger charge is -2.18. The van der Waals surface area contributed by atoms with Gasteiger partial charge >= 0.3 is 0 Å². The molecule has 1 N–H and O–H groups in total. The molecule has 0 radical (unpaired) electrons. The molecule has 1 aromatic heterocycles. The van der Waals surface area contributed by atoms with Gasteiger partial charge in [-0.2, -0.15) is 5.10 Å². The Bertz CT molecular complexity index is 449. The van der Waals surface area contributed by atoms with Crippen LogP contribution in [0.5, 0.6) is 0 Å². The maximum atomic E-state index is 11.9. The highest BCUT2D eigenvalue weighted by Crippen LogP contribution is 2.20. The van der Waals surface area contributed by atoms with Gasteiger partial charge in [0.05, 0.1) is 11.9 Å². The molecule has 0 saturated heterocycles. The summed E-state index contributed by atoms with van der Waals surface area (Å²) in [6, 6.07) is 0. The van der Waals surface area contributed by atoms with Gasteiger partial charge in [-0.1, -0.05) is 39.3 Å². The van der Waals surface area contributed by atoms with E-state index in [2.05, 4.69) is 31.2 Å². The molecule has 102 valence electrons. The van der Waals surface area contributed by atoms with Crippen molar-refractivity contribution in [3.8, 4) is 0 Å². The normalized spacial score (nSPS) is 11.6. The quantitative estimate of drug-likeness (QED) is 0.895. The van der Waals surface area contributed by atoms with Gasteiger partial charge < -0.3 is 5.32 Å². The smallest absolute Gasteiger partial charge is 0.287 e. The van der Waals surface area contributed by atoms with E-state index in [9.17, 15) is 4.79 Å². The third kappa shape index (κ3) is 4.33. The van der Waals surface area contributed by atoms with E-state index in [0.29, 0.717) is 12.2 Å². The Morgan fingerprint density at radius 3 is 2.67 bits per heavy atom. The average Bonchev–Trinajstić information content (AvgIpc) is 2.27. The van der Waals surface area contributed by atoms with Gasteiger partial charge in [0, 0.05) is 13.1 Å². The zero-order valence-electron chi connectivity index (χ0n) is 11.6. The van der Waals surface area contributed by atoms with Gasteiger partial charge in [0.2, 0.25) is 0 Å². The molecule has 0 aliphatic carbocycles. The monoisotopic (exact) mass is 271 g/mol. The van der Waals surface area contributed by atoms with Crippen LogP contribution >= 0.6 is 11.6 Å². The van der Waals surface area contributed by atoms with Gasteiger partial charge in [-0.15, -0.1) is 0 Å². The molecule has 0 saturated carbocycles. The summed E-state index contributed by atoms with van der Waals surface area (Å²) < 4.78 is 1.40. The van der Waals surface area contributed by atoms with E-state index in [-0.39, 0.29) is 16.0 Å². The summed E-state index contributed by atoms with van der Waals surface area (Å²) in [4.78, 5) is 11.9. The fourth-order valence-electron chi connectivity index (χ4n) is 1.53. The molecule has 0 aliphatic heterocycles. The van der Waals surface area contributed by atoms with Crippen LogP contribution in [-0.2, 0) is 6.54 Å². The van der Waals surface area contributed by atoms with Crippen LogP contribution in [-0.4, -0.2) is 16.3 Å². The number of halogens is 1. The molecule has 18 heavy (non-hydrogen) atoms. The highest BCUT2D eigenvalue weighted by Gasteiger charge is 2.12. The summed E-state index contributed by atoms with van der Waals surface area (Å²) in [6.07, 6.45) is 3.49. The lowest BCUT2D eigenvalue weighted by Crippen LogP contribution is -2.24. The molecule has 5 heteroatoms. The summed E-state index contributed by atoms with van der Waals surface area (Å²) in [5.41, 5.74) is 0.655. The van der Waals surface area contributed by atoms with Crippen molar-refractivity contribution in [1.82, 2.24) is 9.78 Å². The number of nitrogens with one attached hydrogen (secondary N) is 1. The van der Waals surface area contributed by atoms with E-state index >= 15 is 0 Å². The van der Waals surface area contributed by atoms with Gasteiger partial charge in [0.25, 0.3) is 5.56 Å². The standard InChI is InChI=1S/C13H22ClN3O/c1-5-8-17-12(18)11(14)10(9-16-17)15-7-6-13(2,3)4/h9,15H,5-8H2,1-4H3. The van der Waals surface area contributed by atoms with Crippen molar-refractivity contribution in [2.24, 2.45) is 5.41 Å². The van der Waals surface area contributed by atoms with Crippen LogP contribution in [0.25, 0.3) is 0 Å². The first-order valence-corrected chi connectivity index (χ1v) is 6.72. The Kier molecular flexibility index (Phi) is 5.20. The van der Waals surface area contributed by atoms with Crippen molar-refractivity contribution >= 4 is 17.3 Å². The first-order chi connectivity index (χ1) is 8.35. The maximum Gasteiger partial charge on any atom is 0.287 e. The zero-order chi connectivity index (χ0) is 13.8. The van der Waals surface area contributed by atoms with Crippen molar-refractivity contribution < 1.29 is 0 Å². The lowest BCUT2D eigenvalue weighted by atomic mass is 9.92. The Morgan fingerprint density at radius 1 is 1.44 bits per heavy atom. The highest BCUT2D eigenvalue weighted by molar-refractivity contribution is 6.32.